The molecule has 0 fully saturated rings. The summed E-state index contributed by atoms with van der Waals surface area (Å²) in [5, 5.41) is 8.94. The van der Waals surface area contributed by atoms with Crippen molar-refractivity contribution in [3.05, 3.63) is 70.3 Å². The first-order valence-electron chi connectivity index (χ1n) is 5.65. The van der Waals surface area contributed by atoms with Crippen molar-refractivity contribution < 1.29 is 19.5 Å². The van der Waals surface area contributed by atoms with Crippen LogP contribution >= 0.6 is 12.4 Å². The van der Waals surface area contributed by atoms with Crippen molar-refractivity contribution in [3.63, 3.8) is 0 Å². The fourth-order valence-electron chi connectivity index (χ4n) is 2.23. The second-order valence-corrected chi connectivity index (χ2v) is 4.27. The van der Waals surface area contributed by atoms with Crippen LogP contribution in [0.25, 0.3) is 0 Å². The minimum absolute atomic E-state index is 0. The van der Waals surface area contributed by atoms with E-state index < -0.39 is 5.97 Å². The fraction of sp³-hybridized carbons (Fsp3) is 0. The van der Waals surface area contributed by atoms with Gasteiger partial charge in [0.1, 0.15) is 0 Å². The number of hydrogen-bond donors (Lipinski definition) is 1. The standard InChI is InChI=1S/C15H8O4.ClH/c16-13-9-3-1-2-4-10(9)14(17)12-7-8(15(18)19)5-6-11(12)13;/h1-7H,(H,18,19);1H. The molecule has 1 N–H and O–H groups in total. The van der Waals surface area contributed by atoms with Gasteiger partial charge in [-0.1, -0.05) is 24.3 Å². The van der Waals surface area contributed by atoms with Gasteiger partial charge in [0.15, 0.2) is 11.6 Å². The van der Waals surface area contributed by atoms with E-state index in [-0.39, 0.29) is 40.7 Å². The molecule has 0 heterocycles. The lowest BCUT2D eigenvalue weighted by molar-refractivity contribution is 0.0696. The minimum Gasteiger partial charge on any atom is -0.478 e. The number of ketones is 2. The van der Waals surface area contributed by atoms with Crippen molar-refractivity contribution >= 4 is 29.9 Å². The van der Waals surface area contributed by atoms with Gasteiger partial charge in [-0.15, -0.1) is 12.4 Å². The number of carbonyl (C=O) groups excluding carboxylic acids is 2. The smallest absolute Gasteiger partial charge is 0.335 e. The van der Waals surface area contributed by atoms with Crippen LogP contribution in [-0.2, 0) is 0 Å². The molecule has 0 aliphatic heterocycles. The van der Waals surface area contributed by atoms with Crippen molar-refractivity contribution in [1.82, 2.24) is 0 Å². The zero-order chi connectivity index (χ0) is 13.6. The van der Waals surface area contributed by atoms with E-state index in [9.17, 15) is 14.4 Å². The maximum atomic E-state index is 12.3. The lowest BCUT2D eigenvalue weighted by Crippen LogP contribution is -2.21. The van der Waals surface area contributed by atoms with E-state index >= 15 is 0 Å². The first kappa shape index (κ1) is 14.0. The van der Waals surface area contributed by atoms with Gasteiger partial charge in [-0.25, -0.2) is 4.79 Å². The predicted molar refractivity (Wildman–Crippen MR) is 74.0 cm³/mol. The zero-order valence-corrected chi connectivity index (χ0v) is 10.9. The highest BCUT2D eigenvalue weighted by molar-refractivity contribution is 6.28. The monoisotopic (exact) mass is 288 g/mol. The van der Waals surface area contributed by atoms with Crippen molar-refractivity contribution in [3.8, 4) is 0 Å². The average molecular weight is 289 g/mol. The molecular weight excluding hydrogens is 280 g/mol. The Morgan fingerprint density at radius 1 is 0.800 bits per heavy atom. The third-order valence-corrected chi connectivity index (χ3v) is 3.17. The third kappa shape index (κ3) is 1.90. The summed E-state index contributed by atoms with van der Waals surface area (Å²) in [4.78, 5) is 35.4. The predicted octanol–water partition coefficient (Wildman–Crippen LogP) is 2.58. The highest BCUT2D eigenvalue weighted by Crippen LogP contribution is 2.27. The number of fused-ring (bicyclic) bond motifs is 2. The lowest BCUT2D eigenvalue weighted by Gasteiger charge is -2.17. The van der Waals surface area contributed by atoms with Gasteiger partial charge < -0.3 is 5.11 Å². The van der Waals surface area contributed by atoms with Crippen LogP contribution in [-0.4, -0.2) is 22.6 Å². The quantitative estimate of drug-likeness (QED) is 0.747. The Balaban J connectivity index is 0.00000147. The topological polar surface area (TPSA) is 71.4 Å². The van der Waals surface area contributed by atoms with Gasteiger partial charge in [-0.2, -0.15) is 0 Å². The van der Waals surface area contributed by atoms with Crippen LogP contribution in [0.4, 0.5) is 0 Å². The average Bonchev–Trinajstić information content (AvgIpc) is 2.44. The second kappa shape index (κ2) is 4.90. The summed E-state index contributed by atoms with van der Waals surface area (Å²) in [6.45, 7) is 0. The molecule has 20 heavy (non-hydrogen) atoms. The molecular formula is C15H9ClO4. The first-order chi connectivity index (χ1) is 9.09. The largest absolute Gasteiger partial charge is 0.478 e. The Morgan fingerprint density at radius 2 is 1.30 bits per heavy atom. The third-order valence-electron chi connectivity index (χ3n) is 3.17. The Kier molecular flexibility index (Phi) is 3.42. The van der Waals surface area contributed by atoms with Crippen LogP contribution in [0, 0.1) is 0 Å². The molecule has 0 aromatic heterocycles. The molecule has 3 rings (SSSR count). The van der Waals surface area contributed by atoms with E-state index in [4.69, 9.17) is 5.11 Å². The second-order valence-electron chi connectivity index (χ2n) is 4.27. The molecule has 2 aromatic carbocycles. The van der Waals surface area contributed by atoms with Gasteiger partial charge in [0.2, 0.25) is 0 Å². The van der Waals surface area contributed by atoms with Gasteiger partial charge in [0.05, 0.1) is 5.56 Å². The molecule has 0 bridgehead atoms. The van der Waals surface area contributed by atoms with Crippen molar-refractivity contribution in [2.75, 3.05) is 0 Å². The summed E-state index contributed by atoms with van der Waals surface area (Å²) in [5.41, 5.74) is 1.10. The van der Waals surface area contributed by atoms with Gasteiger partial charge in [0, 0.05) is 22.3 Å². The summed E-state index contributed by atoms with van der Waals surface area (Å²) in [7, 11) is 0. The van der Waals surface area contributed by atoms with Crippen LogP contribution in [0.2, 0.25) is 0 Å². The number of hydrogen-bond acceptors (Lipinski definition) is 3. The number of benzene rings is 2. The van der Waals surface area contributed by atoms with Crippen LogP contribution in [0.15, 0.2) is 42.5 Å². The summed E-state index contributed by atoms with van der Waals surface area (Å²) in [5.74, 6) is -1.68. The lowest BCUT2D eigenvalue weighted by atomic mass is 9.83. The number of aromatic carboxylic acids is 1. The molecule has 0 spiro atoms. The number of halogens is 1. The molecule has 0 atom stereocenters. The maximum Gasteiger partial charge on any atom is 0.335 e. The van der Waals surface area contributed by atoms with Crippen molar-refractivity contribution in [2.45, 2.75) is 0 Å². The summed E-state index contributed by atoms with van der Waals surface area (Å²) in [6.07, 6.45) is 0. The Hall–Kier alpha value is -2.46. The highest BCUT2D eigenvalue weighted by atomic mass is 35.5. The van der Waals surface area contributed by atoms with Gasteiger partial charge in [0.25, 0.3) is 0 Å². The van der Waals surface area contributed by atoms with Crippen molar-refractivity contribution in [1.29, 1.82) is 0 Å². The Morgan fingerprint density at radius 3 is 1.85 bits per heavy atom. The molecule has 5 heteroatoms. The summed E-state index contributed by atoms with van der Waals surface area (Å²) >= 11 is 0. The van der Waals surface area contributed by atoms with Crippen LogP contribution in [0.5, 0.6) is 0 Å². The maximum absolute atomic E-state index is 12.3. The highest BCUT2D eigenvalue weighted by Gasteiger charge is 2.29. The fourth-order valence-corrected chi connectivity index (χ4v) is 2.23. The van der Waals surface area contributed by atoms with Crippen LogP contribution < -0.4 is 0 Å². The summed E-state index contributed by atoms with van der Waals surface area (Å²) in [6, 6.07) is 10.5. The van der Waals surface area contributed by atoms with E-state index in [1.807, 2.05) is 0 Å². The number of carbonyl (C=O) groups is 3. The molecule has 0 radical (unpaired) electrons. The van der Waals surface area contributed by atoms with Crippen molar-refractivity contribution in [2.24, 2.45) is 0 Å². The van der Waals surface area contributed by atoms with Gasteiger partial charge >= 0.3 is 5.97 Å². The Bertz CT molecular complexity index is 749. The summed E-state index contributed by atoms with van der Waals surface area (Å²) < 4.78 is 0. The normalized spacial score (nSPS) is 12.2. The number of carboxylic acid groups (broad SMARTS) is 1. The molecule has 100 valence electrons. The van der Waals surface area contributed by atoms with E-state index in [1.165, 1.54) is 18.2 Å². The molecule has 1 aliphatic rings. The van der Waals surface area contributed by atoms with Gasteiger partial charge in [-0.05, 0) is 18.2 Å². The zero-order valence-electron chi connectivity index (χ0n) is 10.1. The van der Waals surface area contributed by atoms with Crippen LogP contribution in [0.3, 0.4) is 0 Å². The number of carboxylic acids is 1. The molecule has 1 aliphatic carbocycles. The molecule has 0 saturated heterocycles. The SMILES string of the molecule is Cl.O=C(O)c1ccc2c(c1)C(=O)c1ccccc1C2=O. The van der Waals surface area contributed by atoms with E-state index in [0.29, 0.717) is 11.1 Å². The van der Waals surface area contributed by atoms with E-state index in [2.05, 4.69) is 0 Å². The van der Waals surface area contributed by atoms with Crippen LogP contribution in [0.1, 0.15) is 42.2 Å². The molecule has 4 nitrogen and oxygen atoms in total. The molecule has 0 unspecified atom stereocenters. The minimum atomic E-state index is -1.12. The molecule has 0 amide bonds. The molecule has 0 saturated carbocycles. The first-order valence-corrected chi connectivity index (χ1v) is 5.65. The van der Waals surface area contributed by atoms with E-state index in [0.717, 1.165) is 0 Å². The van der Waals surface area contributed by atoms with Gasteiger partial charge in [-0.3, -0.25) is 9.59 Å². The molecule has 2 aromatic rings. The Labute approximate surface area is 120 Å². The van der Waals surface area contributed by atoms with E-state index in [1.54, 1.807) is 24.3 Å². The number of rotatable bonds is 1.